The summed E-state index contributed by atoms with van der Waals surface area (Å²) < 4.78 is 65.1. The van der Waals surface area contributed by atoms with Crippen molar-refractivity contribution < 1.29 is 25.4 Å². The number of aromatic nitrogens is 2. The molecule has 6 rings (SSSR count). The number of nitrogens with zero attached hydrogens (tertiary/aromatic N) is 3. The molecule has 38 heavy (non-hydrogen) atoms. The van der Waals surface area contributed by atoms with Gasteiger partial charge in [-0.2, -0.15) is 0 Å². The number of pyridine rings is 1. The van der Waals surface area contributed by atoms with Crippen LogP contribution in [0.5, 0.6) is 5.75 Å². The highest BCUT2D eigenvalue weighted by molar-refractivity contribution is 7.90. The Kier molecular flexibility index (Phi) is 5.85. The van der Waals surface area contributed by atoms with Crippen LogP contribution in [0.3, 0.4) is 0 Å². The number of hydrogen-bond acceptors (Lipinski definition) is 6. The minimum Gasteiger partial charge on any atom is -0.487 e. The van der Waals surface area contributed by atoms with E-state index in [2.05, 4.69) is 4.98 Å². The SMILES string of the molecule is [2H][C@@H]1C(Oc2ccccc2F)C[C@H]2CN(C[C@@H](O)c3cc4ccn(S(=O)(=O)c5ccc(C)cc5)c4cn3)C[C@]21[2H]. The van der Waals surface area contributed by atoms with E-state index in [9.17, 15) is 17.9 Å². The van der Waals surface area contributed by atoms with E-state index in [4.69, 9.17) is 7.48 Å². The number of aryl methyl sites for hydroxylation is 1. The lowest BCUT2D eigenvalue weighted by Gasteiger charge is -2.22. The number of fused-ring (bicyclic) bond motifs is 2. The zero-order chi connectivity index (χ0) is 28.2. The third-order valence-corrected chi connectivity index (χ3v) is 9.06. The fraction of sp³-hybridized carbons (Fsp3) is 0.345. The Hall–Kier alpha value is -3.27. The smallest absolute Gasteiger partial charge is 0.268 e. The van der Waals surface area contributed by atoms with Gasteiger partial charge in [0.25, 0.3) is 10.0 Å². The van der Waals surface area contributed by atoms with Crippen molar-refractivity contribution in [3.8, 4) is 5.75 Å². The van der Waals surface area contributed by atoms with E-state index in [1.165, 1.54) is 28.5 Å². The average molecular weight is 538 g/mol. The monoisotopic (exact) mass is 537 g/mol. The highest BCUT2D eigenvalue weighted by atomic mass is 32.2. The fourth-order valence-electron chi connectivity index (χ4n) is 5.39. The molecule has 1 N–H and O–H groups in total. The third kappa shape index (κ3) is 4.70. The maximum atomic E-state index is 14.1. The molecular formula is C29H30FN3O4S. The molecule has 1 saturated carbocycles. The second-order valence-electron chi connectivity index (χ2n) is 10.1. The molecule has 2 aromatic heterocycles. The van der Waals surface area contributed by atoms with E-state index in [0.717, 1.165) is 5.56 Å². The van der Waals surface area contributed by atoms with Crippen LogP contribution in [0.15, 0.2) is 78.0 Å². The first-order valence-corrected chi connectivity index (χ1v) is 14.0. The standard InChI is InChI=1S/C29H30FN3O4S/c1-19-6-8-24(9-7-19)38(35,36)33-11-10-20-14-26(31-15-27(20)33)28(34)18-32-16-21-12-23(13-22(21)17-32)37-29-5-3-2-4-25(29)30/h2-11,14-15,21-23,28,34H,12-13,16-18H2,1H3/t21-,22+,23?,28-/m1/s1/i12D,21D/t12-,21+,22-,23?,28+/m0. The molecule has 0 radical (unpaired) electrons. The second kappa shape index (κ2) is 9.80. The normalized spacial score (nSPS) is 27.2. The van der Waals surface area contributed by atoms with E-state index in [-0.39, 0.29) is 29.7 Å². The van der Waals surface area contributed by atoms with Crippen molar-refractivity contribution >= 4 is 20.9 Å². The van der Waals surface area contributed by atoms with E-state index >= 15 is 0 Å². The summed E-state index contributed by atoms with van der Waals surface area (Å²) in [5.74, 6) is -1.62. The molecule has 4 aromatic rings. The predicted octanol–water partition coefficient (Wildman–Crippen LogP) is 4.54. The molecule has 2 aliphatic rings. The molecule has 1 aliphatic heterocycles. The van der Waals surface area contributed by atoms with Gasteiger partial charge in [-0.25, -0.2) is 16.8 Å². The molecule has 1 aliphatic carbocycles. The number of para-hydroxylation sites is 1. The molecule has 3 heterocycles. The summed E-state index contributed by atoms with van der Waals surface area (Å²) in [5.41, 5.74) is 1.77. The van der Waals surface area contributed by atoms with Crippen LogP contribution in [0, 0.1) is 24.6 Å². The van der Waals surface area contributed by atoms with Gasteiger partial charge in [-0.05, 0) is 68.0 Å². The number of benzene rings is 2. The van der Waals surface area contributed by atoms with E-state index in [1.54, 1.807) is 48.5 Å². The molecule has 1 unspecified atom stereocenters. The van der Waals surface area contributed by atoms with Crippen molar-refractivity contribution in [3.05, 3.63) is 90.1 Å². The number of aliphatic hydroxyl groups excluding tert-OH is 1. The largest absolute Gasteiger partial charge is 0.487 e. The molecule has 2 aromatic carbocycles. The summed E-state index contributed by atoms with van der Waals surface area (Å²) in [7, 11) is -3.80. The number of aliphatic hydroxyl groups is 1. The lowest BCUT2D eigenvalue weighted by atomic mass is 10.0. The highest BCUT2D eigenvalue weighted by Gasteiger charge is 2.42. The number of halogens is 1. The summed E-state index contributed by atoms with van der Waals surface area (Å²) in [6.07, 6.45) is 1.01. The molecule has 1 saturated heterocycles. The van der Waals surface area contributed by atoms with Crippen LogP contribution >= 0.6 is 0 Å². The first-order valence-electron chi connectivity index (χ1n) is 13.7. The van der Waals surface area contributed by atoms with Crippen LogP contribution < -0.4 is 4.74 Å². The predicted molar refractivity (Wildman–Crippen MR) is 142 cm³/mol. The maximum absolute atomic E-state index is 14.1. The molecule has 0 spiro atoms. The van der Waals surface area contributed by atoms with E-state index < -0.39 is 40.3 Å². The molecule has 0 amide bonds. The summed E-state index contributed by atoms with van der Waals surface area (Å²) in [4.78, 5) is 6.51. The number of rotatable bonds is 7. The van der Waals surface area contributed by atoms with E-state index in [1.807, 2.05) is 11.8 Å². The van der Waals surface area contributed by atoms with Gasteiger partial charge in [0.15, 0.2) is 11.6 Å². The quantitative estimate of drug-likeness (QED) is 0.373. The highest BCUT2D eigenvalue weighted by Crippen LogP contribution is 2.40. The van der Waals surface area contributed by atoms with Crippen molar-refractivity contribution in [1.82, 2.24) is 13.9 Å². The Balaban J connectivity index is 1.14. The van der Waals surface area contributed by atoms with E-state index in [0.29, 0.717) is 29.6 Å². The molecular weight excluding hydrogens is 505 g/mol. The number of ether oxygens (including phenoxy) is 1. The van der Waals surface area contributed by atoms with Crippen LogP contribution in [0.4, 0.5) is 4.39 Å². The van der Waals surface area contributed by atoms with Gasteiger partial charge in [0.2, 0.25) is 0 Å². The Bertz CT molecular complexity index is 1670. The third-order valence-electron chi connectivity index (χ3n) is 7.35. The first-order chi connectivity index (χ1) is 19.1. The molecule has 198 valence electrons. The van der Waals surface area contributed by atoms with Crippen molar-refractivity contribution in [3.63, 3.8) is 0 Å². The van der Waals surface area contributed by atoms with Crippen LogP contribution in [-0.2, 0) is 10.0 Å². The van der Waals surface area contributed by atoms with Gasteiger partial charge in [0.1, 0.15) is 6.10 Å². The van der Waals surface area contributed by atoms with Crippen molar-refractivity contribution in [2.24, 2.45) is 11.8 Å². The first kappa shape index (κ1) is 22.7. The van der Waals surface area contributed by atoms with Gasteiger partial charge < -0.3 is 9.84 Å². The van der Waals surface area contributed by atoms with Gasteiger partial charge in [-0.3, -0.25) is 9.88 Å². The molecule has 9 heteroatoms. The van der Waals surface area contributed by atoms with Crippen molar-refractivity contribution in [2.75, 3.05) is 19.6 Å². The van der Waals surface area contributed by atoms with Gasteiger partial charge in [-0.15, -0.1) is 0 Å². The fourth-order valence-corrected chi connectivity index (χ4v) is 6.73. The average Bonchev–Trinajstić information content (AvgIpc) is 3.56. The summed E-state index contributed by atoms with van der Waals surface area (Å²) >= 11 is 0. The van der Waals surface area contributed by atoms with Gasteiger partial charge >= 0.3 is 0 Å². The minimum absolute atomic E-state index is 0.0996. The van der Waals surface area contributed by atoms with Crippen LogP contribution in [0.2, 0.25) is 0 Å². The second-order valence-corrected chi connectivity index (χ2v) is 11.9. The van der Waals surface area contributed by atoms with Gasteiger partial charge in [0, 0.05) is 34.0 Å². The lowest BCUT2D eigenvalue weighted by Crippen LogP contribution is -2.29. The van der Waals surface area contributed by atoms with Crippen LogP contribution in [-0.4, -0.2) is 53.1 Å². The minimum atomic E-state index is -3.80. The zero-order valence-electron chi connectivity index (χ0n) is 22.9. The summed E-state index contributed by atoms with van der Waals surface area (Å²) in [6, 6.07) is 16.1. The topological polar surface area (TPSA) is 84.7 Å². The van der Waals surface area contributed by atoms with Gasteiger partial charge in [0.05, 0.1) is 28.4 Å². The van der Waals surface area contributed by atoms with Crippen molar-refractivity contribution in [1.29, 1.82) is 0 Å². The van der Waals surface area contributed by atoms with Crippen molar-refractivity contribution in [2.45, 2.75) is 36.8 Å². The maximum Gasteiger partial charge on any atom is 0.268 e. The Labute approximate surface area is 224 Å². The summed E-state index contributed by atoms with van der Waals surface area (Å²) in [6.45, 7) is 2.92. The number of hydrogen-bond donors (Lipinski definition) is 1. The number of β-amino-alcohol motifs (C(OH)–C–C–N with tert-alkyl or cyclic N) is 1. The zero-order valence-corrected chi connectivity index (χ0v) is 21.7. The Morgan fingerprint density at radius 3 is 2.76 bits per heavy atom. The molecule has 2 fully saturated rings. The van der Waals surface area contributed by atoms with Crippen LogP contribution in [0.25, 0.3) is 10.9 Å². The lowest BCUT2D eigenvalue weighted by molar-refractivity contribution is 0.112. The Morgan fingerprint density at radius 2 is 2.00 bits per heavy atom. The molecule has 0 bridgehead atoms. The van der Waals surface area contributed by atoms with Crippen LogP contribution in [0.1, 0.15) is 32.9 Å². The summed E-state index contributed by atoms with van der Waals surface area (Å²) in [5, 5.41) is 11.6. The van der Waals surface area contributed by atoms with Gasteiger partial charge in [-0.1, -0.05) is 29.8 Å². The molecule has 5 atom stereocenters. The molecule has 7 nitrogen and oxygen atoms in total. The Morgan fingerprint density at radius 1 is 1.21 bits per heavy atom. The number of likely N-dealkylation sites (tertiary alicyclic amines) is 1.